The van der Waals surface area contributed by atoms with Gasteiger partial charge in [0.25, 0.3) is 0 Å². The maximum Gasteiger partial charge on any atom is 0.314 e. The molecule has 0 aliphatic rings. The first-order valence-corrected chi connectivity index (χ1v) is 7.44. The van der Waals surface area contributed by atoms with Crippen molar-refractivity contribution in [2.24, 2.45) is 0 Å². The molecule has 0 aliphatic heterocycles. The Morgan fingerprint density at radius 3 is 2.48 bits per heavy atom. The fourth-order valence-corrected chi connectivity index (χ4v) is 2.18. The van der Waals surface area contributed by atoms with Crippen LogP contribution in [0.5, 0.6) is 11.5 Å². The van der Waals surface area contributed by atoms with E-state index in [0.717, 1.165) is 10.5 Å². The minimum absolute atomic E-state index is 0.102. The smallest absolute Gasteiger partial charge is 0.314 e. The summed E-state index contributed by atoms with van der Waals surface area (Å²) in [6, 6.07) is 12.4. The molecule has 0 amide bonds. The number of hydrogen-bond acceptors (Lipinski definition) is 5. The van der Waals surface area contributed by atoms with Gasteiger partial charge in [-0.1, -0.05) is 12.1 Å². The van der Waals surface area contributed by atoms with Crippen LogP contribution in [0.2, 0.25) is 0 Å². The predicted octanol–water partition coefficient (Wildman–Crippen LogP) is 3.90. The lowest BCUT2D eigenvalue weighted by Crippen LogP contribution is -1.99. The molecule has 0 saturated heterocycles. The number of methoxy groups -OCH3 is 1. The van der Waals surface area contributed by atoms with Gasteiger partial charge in [0.15, 0.2) is 5.75 Å². The largest absolute Gasteiger partial charge is 0.496 e. The highest BCUT2D eigenvalue weighted by atomic mass is 32.2. The van der Waals surface area contributed by atoms with Crippen molar-refractivity contribution in [1.82, 2.24) is 0 Å². The van der Waals surface area contributed by atoms with E-state index in [9.17, 15) is 10.1 Å². The first-order chi connectivity index (χ1) is 10.1. The SMILES string of the molecule is COc1ccc(OCc2ccc(SC)cc2)c([N+](=O)[O-])c1. The minimum atomic E-state index is -0.478. The zero-order valence-electron chi connectivity index (χ0n) is 11.7. The Labute approximate surface area is 127 Å². The van der Waals surface area contributed by atoms with Crippen molar-refractivity contribution in [3.05, 3.63) is 58.1 Å². The lowest BCUT2D eigenvalue weighted by Gasteiger charge is -2.08. The lowest BCUT2D eigenvalue weighted by atomic mass is 10.2. The predicted molar refractivity (Wildman–Crippen MR) is 82.2 cm³/mol. The van der Waals surface area contributed by atoms with Crippen LogP contribution in [0, 0.1) is 10.1 Å². The number of benzene rings is 2. The van der Waals surface area contributed by atoms with Gasteiger partial charge >= 0.3 is 5.69 Å². The van der Waals surface area contributed by atoms with Crippen molar-refractivity contribution >= 4 is 17.4 Å². The maximum absolute atomic E-state index is 11.1. The van der Waals surface area contributed by atoms with Crippen molar-refractivity contribution in [2.45, 2.75) is 11.5 Å². The van der Waals surface area contributed by atoms with E-state index in [1.807, 2.05) is 30.5 Å². The summed E-state index contributed by atoms with van der Waals surface area (Å²) in [6.07, 6.45) is 2.01. The Bertz CT molecular complexity index is 628. The van der Waals surface area contributed by atoms with Gasteiger partial charge in [-0.25, -0.2) is 0 Å². The van der Waals surface area contributed by atoms with Crippen molar-refractivity contribution in [1.29, 1.82) is 0 Å². The number of hydrogen-bond donors (Lipinski definition) is 0. The number of nitro groups is 1. The summed E-state index contributed by atoms with van der Waals surface area (Å²) < 4.78 is 10.5. The second-order valence-corrected chi connectivity index (χ2v) is 5.11. The van der Waals surface area contributed by atoms with Crippen LogP contribution in [0.25, 0.3) is 0 Å². The molecule has 0 N–H and O–H groups in total. The normalized spacial score (nSPS) is 10.2. The molecule has 2 rings (SSSR count). The van der Waals surface area contributed by atoms with Crippen LogP contribution in [0.3, 0.4) is 0 Å². The monoisotopic (exact) mass is 305 g/mol. The molecule has 0 fully saturated rings. The molecule has 2 aromatic carbocycles. The molecule has 0 radical (unpaired) electrons. The van der Waals surface area contributed by atoms with Crippen LogP contribution >= 0.6 is 11.8 Å². The van der Waals surface area contributed by atoms with Crippen molar-refractivity contribution < 1.29 is 14.4 Å². The molecule has 0 aliphatic carbocycles. The Balaban J connectivity index is 2.13. The number of ether oxygens (including phenoxy) is 2. The fourth-order valence-electron chi connectivity index (χ4n) is 1.77. The first-order valence-electron chi connectivity index (χ1n) is 6.22. The molecule has 0 saturated carbocycles. The van der Waals surface area contributed by atoms with Gasteiger partial charge in [-0.15, -0.1) is 11.8 Å². The molecular formula is C15H15NO4S. The molecule has 0 heterocycles. The molecular weight excluding hydrogens is 290 g/mol. The van der Waals surface area contributed by atoms with Crippen molar-refractivity contribution in [2.75, 3.05) is 13.4 Å². The summed E-state index contributed by atoms with van der Waals surface area (Å²) in [5, 5.41) is 11.1. The van der Waals surface area contributed by atoms with Crippen LogP contribution in [0.4, 0.5) is 5.69 Å². The number of rotatable bonds is 6. The molecule has 5 nitrogen and oxygen atoms in total. The van der Waals surface area contributed by atoms with E-state index in [-0.39, 0.29) is 18.0 Å². The van der Waals surface area contributed by atoms with Crippen LogP contribution < -0.4 is 9.47 Å². The molecule has 2 aromatic rings. The molecule has 0 atom stereocenters. The average molecular weight is 305 g/mol. The van der Waals surface area contributed by atoms with E-state index in [4.69, 9.17) is 9.47 Å². The van der Waals surface area contributed by atoms with Gasteiger partial charge in [0.2, 0.25) is 0 Å². The average Bonchev–Trinajstić information content (AvgIpc) is 2.53. The molecule has 0 aromatic heterocycles. The zero-order chi connectivity index (χ0) is 15.2. The highest BCUT2D eigenvalue weighted by Gasteiger charge is 2.16. The fraction of sp³-hybridized carbons (Fsp3) is 0.200. The summed E-state index contributed by atoms with van der Waals surface area (Å²) >= 11 is 1.66. The van der Waals surface area contributed by atoms with E-state index in [2.05, 4.69) is 0 Å². The number of nitro benzene ring substituents is 1. The summed E-state index contributed by atoms with van der Waals surface area (Å²) in [4.78, 5) is 11.7. The van der Waals surface area contributed by atoms with E-state index in [1.54, 1.807) is 23.9 Å². The van der Waals surface area contributed by atoms with Gasteiger partial charge in [0.1, 0.15) is 12.4 Å². The summed E-state index contributed by atoms with van der Waals surface area (Å²) in [7, 11) is 1.47. The van der Waals surface area contributed by atoms with Gasteiger partial charge in [-0.2, -0.15) is 0 Å². The lowest BCUT2D eigenvalue weighted by molar-refractivity contribution is -0.386. The second-order valence-electron chi connectivity index (χ2n) is 4.23. The molecule has 0 unspecified atom stereocenters. The highest BCUT2D eigenvalue weighted by Crippen LogP contribution is 2.31. The molecule has 110 valence electrons. The van der Waals surface area contributed by atoms with Gasteiger partial charge in [-0.3, -0.25) is 10.1 Å². The quantitative estimate of drug-likeness (QED) is 0.460. The minimum Gasteiger partial charge on any atom is -0.496 e. The van der Waals surface area contributed by atoms with E-state index in [1.165, 1.54) is 13.2 Å². The number of nitrogens with zero attached hydrogens (tertiary/aromatic N) is 1. The number of thioether (sulfide) groups is 1. The van der Waals surface area contributed by atoms with Gasteiger partial charge in [-0.05, 0) is 36.1 Å². The van der Waals surface area contributed by atoms with Crippen molar-refractivity contribution in [3.63, 3.8) is 0 Å². The summed E-state index contributed by atoms with van der Waals surface area (Å²) in [5.41, 5.74) is 0.855. The van der Waals surface area contributed by atoms with E-state index >= 15 is 0 Å². The van der Waals surface area contributed by atoms with Crippen LogP contribution in [-0.4, -0.2) is 18.3 Å². The standard InChI is InChI=1S/C15H15NO4S/c1-19-12-5-8-15(14(9-12)16(17)18)20-10-11-3-6-13(21-2)7-4-11/h3-9H,10H2,1-2H3. The third kappa shape index (κ3) is 3.88. The maximum atomic E-state index is 11.1. The third-order valence-electron chi connectivity index (χ3n) is 2.92. The Hall–Kier alpha value is -2.21. The molecule has 0 spiro atoms. The second kappa shape index (κ2) is 6.99. The van der Waals surface area contributed by atoms with Crippen LogP contribution in [0.15, 0.2) is 47.4 Å². The Morgan fingerprint density at radius 1 is 1.19 bits per heavy atom. The van der Waals surface area contributed by atoms with Crippen LogP contribution in [0.1, 0.15) is 5.56 Å². The Morgan fingerprint density at radius 2 is 1.90 bits per heavy atom. The molecule has 0 bridgehead atoms. The summed E-state index contributed by atoms with van der Waals surface area (Å²) in [5.74, 6) is 0.660. The van der Waals surface area contributed by atoms with E-state index in [0.29, 0.717) is 5.75 Å². The molecule has 21 heavy (non-hydrogen) atoms. The Kier molecular flexibility index (Phi) is 5.05. The zero-order valence-corrected chi connectivity index (χ0v) is 12.6. The molecule has 6 heteroatoms. The summed E-state index contributed by atoms with van der Waals surface area (Å²) in [6.45, 7) is 0.280. The van der Waals surface area contributed by atoms with E-state index < -0.39 is 4.92 Å². The van der Waals surface area contributed by atoms with Gasteiger partial charge in [0, 0.05) is 4.90 Å². The third-order valence-corrected chi connectivity index (χ3v) is 3.66. The topological polar surface area (TPSA) is 61.6 Å². The van der Waals surface area contributed by atoms with Gasteiger partial charge in [0.05, 0.1) is 18.1 Å². The highest BCUT2D eigenvalue weighted by molar-refractivity contribution is 7.98. The van der Waals surface area contributed by atoms with Crippen molar-refractivity contribution in [3.8, 4) is 11.5 Å². The van der Waals surface area contributed by atoms with Crippen LogP contribution in [-0.2, 0) is 6.61 Å². The van der Waals surface area contributed by atoms with Gasteiger partial charge < -0.3 is 9.47 Å². The first kappa shape index (κ1) is 15.2.